The van der Waals surface area contributed by atoms with E-state index in [1.165, 1.54) is 36.0 Å². The summed E-state index contributed by atoms with van der Waals surface area (Å²) < 4.78 is 5.46. The molecule has 1 aromatic carbocycles. The third-order valence-corrected chi connectivity index (χ3v) is 4.92. The minimum Gasteiger partial charge on any atom is -0.372 e. The molecular weight excluding hydrogens is 210 g/mol. The van der Waals surface area contributed by atoms with Gasteiger partial charge in [0.15, 0.2) is 0 Å². The first-order chi connectivity index (χ1) is 8.31. The van der Waals surface area contributed by atoms with Gasteiger partial charge in [-0.2, -0.15) is 0 Å². The lowest BCUT2D eigenvalue weighted by Gasteiger charge is -2.21. The minimum absolute atomic E-state index is 0.244. The van der Waals surface area contributed by atoms with Crippen LogP contribution in [0.3, 0.4) is 0 Å². The number of hydrogen-bond donors (Lipinski definition) is 1. The van der Waals surface area contributed by atoms with Gasteiger partial charge in [0.05, 0.1) is 13.2 Å². The van der Waals surface area contributed by atoms with E-state index in [4.69, 9.17) is 10.5 Å². The predicted molar refractivity (Wildman–Crippen MR) is 66.2 cm³/mol. The molecular formula is C15H19NO. The van der Waals surface area contributed by atoms with Crippen molar-refractivity contribution in [2.75, 3.05) is 0 Å². The summed E-state index contributed by atoms with van der Waals surface area (Å²) in [7, 11) is 0. The molecule has 0 amide bonds. The Bertz CT molecular complexity index is 446. The highest BCUT2D eigenvalue weighted by Gasteiger charge is 2.47. The topological polar surface area (TPSA) is 35.2 Å². The molecule has 2 heteroatoms. The second-order valence-corrected chi connectivity index (χ2v) is 6.03. The summed E-state index contributed by atoms with van der Waals surface area (Å²) in [4.78, 5) is 0. The number of hydrogen-bond acceptors (Lipinski definition) is 2. The van der Waals surface area contributed by atoms with Crippen molar-refractivity contribution in [2.24, 2.45) is 23.5 Å². The highest BCUT2D eigenvalue weighted by molar-refractivity contribution is 5.35. The molecule has 1 aliphatic heterocycles. The summed E-state index contributed by atoms with van der Waals surface area (Å²) in [5, 5.41) is 0. The van der Waals surface area contributed by atoms with Crippen LogP contribution in [0.5, 0.6) is 0 Å². The van der Waals surface area contributed by atoms with E-state index >= 15 is 0 Å². The van der Waals surface area contributed by atoms with Crippen LogP contribution in [0.1, 0.15) is 42.0 Å². The Kier molecular flexibility index (Phi) is 2.12. The second kappa shape index (κ2) is 3.56. The van der Waals surface area contributed by atoms with Crippen molar-refractivity contribution in [3.63, 3.8) is 0 Å². The van der Waals surface area contributed by atoms with Crippen molar-refractivity contribution in [3.05, 3.63) is 34.9 Å². The lowest BCUT2D eigenvalue weighted by atomic mass is 9.88. The molecule has 3 atom stereocenters. The smallest absolute Gasteiger partial charge is 0.0725 e. The first-order valence-electron chi connectivity index (χ1n) is 6.76. The van der Waals surface area contributed by atoms with E-state index in [-0.39, 0.29) is 6.04 Å². The predicted octanol–water partition coefficient (Wildman–Crippen LogP) is 2.76. The van der Waals surface area contributed by atoms with Gasteiger partial charge < -0.3 is 10.5 Å². The molecule has 0 saturated heterocycles. The number of benzene rings is 1. The fourth-order valence-corrected chi connectivity index (χ4v) is 3.73. The van der Waals surface area contributed by atoms with E-state index in [2.05, 4.69) is 18.2 Å². The van der Waals surface area contributed by atoms with Crippen molar-refractivity contribution in [1.29, 1.82) is 0 Å². The number of nitrogens with two attached hydrogens (primary N) is 1. The number of rotatable bonds is 2. The molecule has 4 rings (SSSR count). The van der Waals surface area contributed by atoms with Crippen LogP contribution in [0.2, 0.25) is 0 Å². The van der Waals surface area contributed by atoms with Gasteiger partial charge in [-0.05, 0) is 53.7 Å². The zero-order valence-electron chi connectivity index (χ0n) is 10.1. The molecule has 0 aromatic heterocycles. The van der Waals surface area contributed by atoms with Gasteiger partial charge in [-0.25, -0.2) is 0 Å². The standard InChI is InChI=1S/C15H19NO/c16-15(13-5-11-4-12(11)6-13)9-1-2-10-7-17-8-14(10)3-9/h1-3,11-13,15H,4-8,16H2. The summed E-state index contributed by atoms with van der Waals surface area (Å²) in [5.41, 5.74) is 10.4. The van der Waals surface area contributed by atoms with Gasteiger partial charge in [0.25, 0.3) is 0 Å². The third-order valence-electron chi connectivity index (χ3n) is 4.92. The third kappa shape index (κ3) is 1.62. The maximum Gasteiger partial charge on any atom is 0.0725 e. The summed E-state index contributed by atoms with van der Waals surface area (Å²) >= 11 is 0. The summed E-state index contributed by atoms with van der Waals surface area (Å²) in [6.07, 6.45) is 4.19. The largest absolute Gasteiger partial charge is 0.372 e. The van der Waals surface area contributed by atoms with Crippen LogP contribution in [0.15, 0.2) is 18.2 Å². The van der Waals surface area contributed by atoms with Gasteiger partial charge in [-0.3, -0.25) is 0 Å². The van der Waals surface area contributed by atoms with E-state index in [9.17, 15) is 0 Å². The molecule has 2 saturated carbocycles. The number of fused-ring (bicyclic) bond motifs is 2. The zero-order chi connectivity index (χ0) is 11.4. The van der Waals surface area contributed by atoms with E-state index in [1.54, 1.807) is 0 Å². The van der Waals surface area contributed by atoms with E-state index in [1.807, 2.05) is 0 Å². The van der Waals surface area contributed by atoms with Crippen LogP contribution in [0, 0.1) is 17.8 Å². The monoisotopic (exact) mass is 229 g/mol. The molecule has 2 nitrogen and oxygen atoms in total. The van der Waals surface area contributed by atoms with Crippen LogP contribution in [0.25, 0.3) is 0 Å². The molecule has 0 spiro atoms. The molecule has 90 valence electrons. The second-order valence-electron chi connectivity index (χ2n) is 6.03. The summed E-state index contributed by atoms with van der Waals surface area (Å²) in [6.45, 7) is 1.55. The normalized spacial score (nSPS) is 35.5. The van der Waals surface area contributed by atoms with Crippen molar-refractivity contribution in [1.82, 2.24) is 0 Å². The fraction of sp³-hybridized carbons (Fsp3) is 0.600. The van der Waals surface area contributed by atoms with Gasteiger partial charge in [-0.15, -0.1) is 0 Å². The van der Waals surface area contributed by atoms with E-state index < -0.39 is 0 Å². The Balaban J connectivity index is 1.57. The molecule has 2 N–H and O–H groups in total. The van der Waals surface area contributed by atoms with Gasteiger partial charge >= 0.3 is 0 Å². The van der Waals surface area contributed by atoms with Gasteiger partial charge in [0, 0.05) is 6.04 Å². The molecule has 3 unspecified atom stereocenters. The average molecular weight is 229 g/mol. The minimum atomic E-state index is 0.244. The van der Waals surface area contributed by atoms with Crippen LogP contribution in [-0.4, -0.2) is 0 Å². The van der Waals surface area contributed by atoms with Crippen LogP contribution >= 0.6 is 0 Å². The zero-order valence-corrected chi connectivity index (χ0v) is 10.1. The lowest BCUT2D eigenvalue weighted by Crippen LogP contribution is -2.20. The molecule has 17 heavy (non-hydrogen) atoms. The van der Waals surface area contributed by atoms with Crippen LogP contribution in [-0.2, 0) is 18.0 Å². The van der Waals surface area contributed by atoms with Gasteiger partial charge in [0.1, 0.15) is 0 Å². The van der Waals surface area contributed by atoms with Crippen molar-refractivity contribution in [3.8, 4) is 0 Å². The van der Waals surface area contributed by atoms with E-state index in [0.717, 1.165) is 31.0 Å². The Morgan fingerprint density at radius 3 is 2.65 bits per heavy atom. The quantitative estimate of drug-likeness (QED) is 0.846. The highest BCUT2D eigenvalue weighted by Crippen LogP contribution is 2.56. The SMILES string of the molecule is NC(c1ccc2c(c1)COC2)C1CC2CC2C1. The average Bonchev–Trinajstić information content (AvgIpc) is 2.82. The van der Waals surface area contributed by atoms with Crippen molar-refractivity contribution >= 4 is 0 Å². The Morgan fingerprint density at radius 2 is 1.82 bits per heavy atom. The molecule has 2 aliphatic carbocycles. The lowest BCUT2D eigenvalue weighted by molar-refractivity contribution is 0.134. The van der Waals surface area contributed by atoms with E-state index in [0.29, 0.717) is 0 Å². The summed E-state index contributed by atoms with van der Waals surface area (Å²) in [6, 6.07) is 6.93. The molecule has 1 aromatic rings. The first-order valence-corrected chi connectivity index (χ1v) is 6.76. The van der Waals surface area contributed by atoms with Gasteiger partial charge in [-0.1, -0.05) is 18.2 Å². The first kappa shape index (κ1) is 10.1. The van der Waals surface area contributed by atoms with Crippen LogP contribution in [0.4, 0.5) is 0 Å². The molecule has 1 heterocycles. The maximum absolute atomic E-state index is 6.44. The molecule has 0 bridgehead atoms. The fourth-order valence-electron chi connectivity index (χ4n) is 3.73. The van der Waals surface area contributed by atoms with Crippen LogP contribution < -0.4 is 5.73 Å². The molecule has 0 radical (unpaired) electrons. The molecule has 2 fully saturated rings. The summed E-state index contributed by atoms with van der Waals surface area (Å²) in [5.74, 6) is 2.76. The van der Waals surface area contributed by atoms with Crippen molar-refractivity contribution in [2.45, 2.75) is 38.5 Å². The number of ether oxygens (including phenoxy) is 1. The maximum atomic E-state index is 6.44. The highest BCUT2D eigenvalue weighted by atomic mass is 16.5. The van der Waals surface area contributed by atoms with Gasteiger partial charge in [0.2, 0.25) is 0 Å². The molecule has 3 aliphatic rings. The Morgan fingerprint density at radius 1 is 1.06 bits per heavy atom. The van der Waals surface area contributed by atoms with Crippen molar-refractivity contribution < 1.29 is 4.74 Å². The Hall–Kier alpha value is -0.860. The Labute approximate surface area is 102 Å².